The highest BCUT2D eigenvalue weighted by Crippen LogP contribution is 2.41. The van der Waals surface area contributed by atoms with E-state index >= 15 is 0 Å². The van der Waals surface area contributed by atoms with Crippen molar-refractivity contribution in [3.05, 3.63) is 34.9 Å². The van der Waals surface area contributed by atoms with Crippen molar-refractivity contribution in [1.82, 2.24) is 0 Å². The Bertz CT molecular complexity index is 363. The molecule has 1 aromatic rings. The Morgan fingerprint density at radius 1 is 1.21 bits per heavy atom. The smallest absolute Gasteiger partial charge is 0.114 e. The van der Waals surface area contributed by atoms with Gasteiger partial charge in [-0.2, -0.15) is 0 Å². The third-order valence-corrected chi connectivity index (χ3v) is 3.54. The van der Waals surface area contributed by atoms with E-state index in [9.17, 15) is 0 Å². The van der Waals surface area contributed by atoms with Crippen molar-refractivity contribution in [2.45, 2.75) is 38.2 Å². The van der Waals surface area contributed by atoms with Crippen LogP contribution in [0.2, 0.25) is 0 Å². The van der Waals surface area contributed by atoms with Gasteiger partial charge in [-0.25, -0.2) is 0 Å². The molecule has 1 heterocycles. The van der Waals surface area contributed by atoms with Crippen LogP contribution in [0.1, 0.15) is 36.5 Å². The maximum absolute atomic E-state index is 5.55. The highest BCUT2D eigenvalue weighted by atomic mass is 16.6. The molecule has 1 saturated heterocycles. The fraction of sp³-hybridized carbons (Fsp3) is 0.538. The van der Waals surface area contributed by atoms with Crippen LogP contribution in [0.25, 0.3) is 0 Å². The van der Waals surface area contributed by atoms with Gasteiger partial charge in [0, 0.05) is 0 Å². The first kappa shape index (κ1) is 8.49. The van der Waals surface area contributed by atoms with Crippen LogP contribution in [-0.4, -0.2) is 6.61 Å². The van der Waals surface area contributed by atoms with Crippen LogP contribution in [0.5, 0.6) is 0 Å². The van der Waals surface area contributed by atoms with Gasteiger partial charge < -0.3 is 4.74 Å². The van der Waals surface area contributed by atoms with Gasteiger partial charge in [-0.3, -0.25) is 0 Å². The summed E-state index contributed by atoms with van der Waals surface area (Å²) in [5.74, 6) is 0. The molecule has 1 fully saturated rings. The first-order valence-corrected chi connectivity index (χ1v) is 5.55. The normalized spacial score (nSPS) is 29.8. The number of aryl methyl sites for hydroxylation is 1. The lowest BCUT2D eigenvalue weighted by molar-refractivity contribution is 0.327. The zero-order valence-electron chi connectivity index (χ0n) is 8.68. The molecule has 14 heavy (non-hydrogen) atoms. The minimum atomic E-state index is 0.0582. The van der Waals surface area contributed by atoms with Crippen molar-refractivity contribution >= 4 is 0 Å². The maximum Gasteiger partial charge on any atom is 0.114 e. The average Bonchev–Trinajstić information content (AvgIpc) is 2.97. The maximum atomic E-state index is 5.55. The molecule has 1 heteroatoms. The van der Waals surface area contributed by atoms with Gasteiger partial charge in [-0.15, -0.1) is 0 Å². The number of hydrogen-bond donors (Lipinski definition) is 0. The van der Waals surface area contributed by atoms with Gasteiger partial charge in [0.1, 0.15) is 5.60 Å². The Balaban J connectivity index is 2.11. The molecule has 0 bridgehead atoms. The molecule has 2 aliphatic rings. The SMILES string of the molecule is CC1(c2cccc3c2CCCC3)CO1. The molecule has 0 amide bonds. The third-order valence-electron chi connectivity index (χ3n) is 3.54. The fourth-order valence-electron chi connectivity index (χ4n) is 2.54. The van der Waals surface area contributed by atoms with Crippen molar-refractivity contribution < 1.29 is 4.74 Å². The van der Waals surface area contributed by atoms with Crippen molar-refractivity contribution in [3.8, 4) is 0 Å². The number of epoxide rings is 1. The number of rotatable bonds is 1. The van der Waals surface area contributed by atoms with Crippen LogP contribution in [-0.2, 0) is 23.2 Å². The molecule has 1 nitrogen and oxygen atoms in total. The van der Waals surface area contributed by atoms with Gasteiger partial charge in [0.15, 0.2) is 0 Å². The van der Waals surface area contributed by atoms with Crippen LogP contribution in [0.4, 0.5) is 0 Å². The molecule has 1 aromatic carbocycles. The topological polar surface area (TPSA) is 12.5 Å². The standard InChI is InChI=1S/C13H16O/c1-13(9-14-13)12-8-4-6-10-5-2-3-7-11(10)12/h4,6,8H,2-3,5,7,9H2,1H3. The van der Waals surface area contributed by atoms with E-state index in [1.807, 2.05) is 0 Å². The predicted octanol–water partition coefficient (Wildman–Crippen LogP) is 2.81. The molecule has 0 radical (unpaired) electrons. The number of hydrogen-bond acceptors (Lipinski definition) is 1. The van der Waals surface area contributed by atoms with Gasteiger partial charge in [0.25, 0.3) is 0 Å². The van der Waals surface area contributed by atoms with E-state index in [0.717, 1.165) is 6.61 Å². The summed E-state index contributed by atoms with van der Waals surface area (Å²) in [6.07, 6.45) is 5.22. The summed E-state index contributed by atoms with van der Waals surface area (Å²) in [6.45, 7) is 3.11. The van der Waals surface area contributed by atoms with Crippen LogP contribution >= 0.6 is 0 Å². The molecule has 0 aromatic heterocycles. The Morgan fingerprint density at radius 3 is 2.79 bits per heavy atom. The Hall–Kier alpha value is -0.820. The quantitative estimate of drug-likeness (QED) is 0.617. The molecule has 0 saturated carbocycles. The highest BCUT2D eigenvalue weighted by Gasteiger charge is 2.42. The van der Waals surface area contributed by atoms with Gasteiger partial charge in [-0.1, -0.05) is 18.2 Å². The number of fused-ring (bicyclic) bond motifs is 1. The van der Waals surface area contributed by atoms with Gasteiger partial charge in [0.05, 0.1) is 6.61 Å². The molecule has 0 N–H and O–H groups in total. The summed E-state index contributed by atoms with van der Waals surface area (Å²) in [4.78, 5) is 0. The van der Waals surface area contributed by atoms with Crippen LogP contribution in [0, 0.1) is 0 Å². The molecule has 1 atom stereocenters. The highest BCUT2D eigenvalue weighted by molar-refractivity contribution is 5.41. The summed E-state index contributed by atoms with van der Waals surface area (Å²) < 4.78 is 5.55. The van der Waals surface area contributed by atoms with E-state index in [0.29, 0.717) is 0 Å². The number of ether oxygens (including phenoxy) is 1. The minimum Gasteiger partial charge on any atom is -0.365 e. The molecule has 1 aliphatic carbocycles. The summed E-state index contributed by atoms with van der Waals surface area (Å²) in [5.41, 5.74) is 4.65. The average molecular weight is 188 g/mol. The van der Waals surface area contributed by atoms with Gasteiger partial charge >= 0.3 is 0 Å². The largest absolute Gasteiger partial charge is 0.365 e. The Kier molecular flexibility index (Phi) is 1.72. The zero-order valence-corrected chi connectivity index (χ0v) is 8.68. The Morgan fingerprint density at radius 2 is 2.00 bits per heavy atom. The summed E-state index contributed by atoms with van der Waals surface area (Å²) >= 11 is 0. The second kappa shape index (κ2) is 2.83. The van der Waals surface area contributed by atoms with Crippen LogP contribution < -0.4 is 0 Å². The molecule has 1 aliphatic heterocycles. The lowest BCUT2D eigenvalue weighted by Gasteiger charge is -2.21. The molecular formula is C13H16O. The van der Waals surface area contributed by atoms with Gasteiger partial charge in [0.2, 0.25) is 0 Å². The molecule has 3 rings (SSSR count). The molecule has 0 spiro atoms. The van der Waals surface area contributed by atoms with E-state index in [-0.39, 0.29) is 5.60 Å². The first-order valence-electron chi connectivity index (χ1n) is 5.55. The molecule has 74 valence electrons. The van der Waals surface area contributed by atoms with Crippen molar-refractivity contribution in [1.29, 1.82) is 0 Å². The zero-order chi connectivity index (χ0) is 9.60. The van der Waals surface area contributed by atoms with Crippen LogP contribution in [0.3, 0.4) is 0 Å². The summed E-state index contributed by atoms with van der Waals surface area (Å²) in [7, 11) is 0. The second-order valence-electron chi connectivity index (χ2n) is 4.67. The first-order chi connectivity index (χ1) is 6.80. The van der Waals surface area contributed by atoms with E-state index in [4.69, 9.17) is 4.74 Å². The van der Waals surface area contributed by atoms with Gasteiger partial charge in [-0.05, 0) is 49.3 Å². The van der Waals surface area contributed by atoms with E-state index in [2.05, 4.69) is 25.1 Å². The minimum absolute atomic E-state index is 0.0582. The lowest BCUT2D eigenvalue weighted by atomic mass is 9.84. The fourth-order valence-corrected chi connectivity index (χ4v) is 2.54. The van der Waals surface area contributed by atoms with Crippen molar-refractivity contribution in [3.63, 3.8) is 0 Å². The Labute approximate surface area is 85.1 Å². The predicted molar refractivity (Wildman–Crippen MR) is 56.4 cm³/mol. The second-order valence-corrected chi connectivity index (χ2v) is 4.67. The third kappa shape index (κ3) is 1.19. The van der Waals surface area contributed by atoms with E-state index in [1.54, 1.807) is 11.1 Å². The van der Waals surface area contributed by atoms with Crippen molar-refractivity contribution in [2.75, 3.05) is 6.61 Å². The summed E-state index contributed by atoms with van der Waals surface area (Å²) in [5, 5.41) is 0. The van der Waals surface area contributed by atoms with E-state index in [1.165, 1.54) is 31.2 Å². The molecular weight excluding hydrogens is 172 g/mol. The molecule has 1 unspecified atom stereocenters. The van der Waals surface area contributed by atoms with E-state index < -0.39 is 0 Å². The number of benzene rings is 1. The van der Waals surface area contributed by atoms with Crippen molar-refractivity contribution in [2.24, 2.45) is 0 Å². The van der Waals surface area contributed by atoms with Crippen LogP contribution in [0.15, 0.2) is 18.2 Å². The summed E-state index contributed by atoms with van der Waals surface area (Å²) in [6, 6.07) is 6.72. The monoisotopic (exact) mass is 188 g/mol. The lowest BCUT2D eigenvalue weighted by Crippen LogP contribution is -2.12.